The number of nitrogens with one attached hydrogen (secondary N) is 1. The van der Waals surface area contributed by atoms with Gasteiger partial charge in [-0.2, -0.15) is 0 Å². The number of carbonyl (C=O) groups is 1. The zero-order valence-corrected chi connectivity index (χ0v) is 18.7. The van der Waals surface area contributed by atoms with Gasteiger partial charge in [-0.15, -0.1) is 0 Å². The molecule has 5 rings (SSSR count). The molecule has 1 aromatic heterocycles. The van der Waals surface area contributed by atoms with Gasteiger partial charge in [0, 0.05) is 42.8 Å². The lowest BCUT2D eigenvalue weighted by Crippen LogP contribution is -2.47. The number of aromatic nitrogens is 1. The molecule has 1 aliphatic heterocycles. The highest BCUT2D eigenvalue weighted by atomic mass is 16.2. The Hall–Kier alpha value is -2.33. The zero-order valence-electron chi connectivity index (χ0n) is 18.7. The predicted octanol–water partition coefficient (Wildman–Crippen LogP) is 5.02. The lowest BCUT2D eigenvalue weighted by Gasteiger charge is -2.40. The van der Waals surface area contributed by atoms with Crippen molar-refractivity contribution < 1.29 is 4.79 Å². The highest BCUT2D eigenvalue weighted by Gasteiger charge is 2.36. The van der Waals surface area contributed by atoms with E-state index < -0.39 is 0 Å². The number of amides is 1. The summed E-state index contributed by atoms with van der Waals surface area (Å²) in [7, 11) is 2.15. The fourth-order valence-corrected chi connectivity index (χ4v) is 5.14. The first-order valence-electron chi connectivity index (χ1n) is 11.6. The third-order valence-corrected chi connectivity index (χ3v) is 6.82. The van der Waals surface area contributed by atoms with Crippen LogP contribution in [0.1, 0.15) is 50.7 Å². The Balaban J connectivity index is 0.000000313. The molecule has 0 radical (unpaired) electrons. The van der Waals surface area contributed by atoms with Crippen molar-refractivity contribution in [2.75, 3.05) is 26.7 Å². The van der Waals surface area contributed by atoms with E-state index in [9.17, 15) is 4.79 Å². The van der Waals surface area contributed by atoms with Crippen LogP contribution >= 0.6 is 0 Å². The van der Waals surface area contributed by atoms with Gasteiger partial charge in [0.2, 0.25) is 5.91 Å². The molecule has 1 amide bonds. The second-order valence-electron chi connectivity index (χ2n) is 8.70. The van der Waals surface area contributed by atoms with Crippen LogP contribution in [-0.2, 0) is 11.2 Å². The Morgan fingerprint density at radius 1 is 1.17 bits per heavy atom. The molecular formula is C26H35N3O. The molecule has 160 valence electrons. The number of carbonyl (C=O) groups excluding carboxylic acids is 1. The topological polar surface area (TPSA) is 39.3 Å². The van der Waals surface area contributed by atoms with Crippen LogP contribution in [0, 0.1) is 5.92 Å². The first-order chi connectivity index (χ1) is 14.6. The molecular weight excluding hydrogens is 370 g/mol. The number of benzene rings is 1. The Morgan fingerprint density at radius 2 is 1.90 bits per heavy atom. The van der Waals surface area contributed by atoms with Crippen molar-refractivity contribution in [1.29, 1.82) is 0 Å². The van der Waals surface area contributed by atoms with E-state index in [1.807, 2.05) is 4.90 Å². The van der Waals surface area contributed by atoms with Crippen molar-refractivity contribution in [3.63, 3.8) is 0 Å². The minimum atomic E-state index is -0.0445. The van der Waals surface area contributed by atoms with Crippen molar-refractivity contribution in [3.8, 4) is 0 Å². The molecule has 0 fully saturated rings. The molecule has 2 aromatic rings. The van der Waals surface area contributed by atoms with Crippen LogP contribution in [0.4, 0.5) is 0 Å². The van der Waals surface area contributed by atoms with Gasteiger partial charge in [-0.3, -0.25) is 9.69 Å². The van der Waals surface area contributed by atoms with Crippen molar-refractivity contribution >= 4 is 22.4 Å². The van der Waals surface area contributed by atoms with Gasteiger partial charge in [0.15, 0.2) is 0 Å². The maximum absolute atomic E-state index is 12.9. The first-order valence-corrected chi connectivity index (χ1v) is 11.6. The van der Waals surface area contributed by atoms with E-state index >= 15 is 0 Å². The number of hydrogen-bond acceptors (Lipinski definition) is 2. The molecule has 2 atom stereocenters. The van der Waals surface area contributed by atoms with Crippen molar-refractivity contribution in [3.05, 3.63) is 53.8 Å². The standard InChI is InChI=1S/C20H25N3O.C6H10/c1-4-23(5-2)20(24)14-9-16-15-7-6-8-17-19(15)13(11-21-17)10-18(16)22(3)12-14;1-2-4-6-5-3-1/h6-9,11,14,18,21H,4-5,10,12H2,1-3H3;1-2H,3-6H2/t14-,18-;/m1./s1. The molecule has 0 bridgehead atoms. The predicted molar refractivity (Wildman–Crippen MR) is 125 cm³/mol. The summed E-state index contributed by atoms with van der Waals surface area (Å²) < 4.78 is 0. The lowest BCUT2D eigenvalue weighted by molar-refractivity contribution is -0.134. The Morgan fingerprint density at radius 3 is 2.53 bits per heavy atom. The SMILES string of the molecule is C1=CCCCC1.CCN(CC)C(=O)[C@@H]1C=C2c3cccc4[nH]cc(c34)C[C@H]2N(C)C1. The number of rotatable bonds is 3. The summed E-state index contributed by atoms with van der Waals surface area (Å²) in [4.78, 5) is 20.6. The van der Waals surface area contributed by atoms with Crippen molar-refractivity contribution in [1.82, 2.24) is 14.8 Å². The van der Waals surface area contributed by atoms with Crippen LogP contribution in [-0.4, -0.2) is 53.4 Å². The van der Waals surface area contributed by atoms with Crippen LogP contribution < -0.4 is 0 Å². The summed E-state index contributed by atoms with van der Waals surface area (Å²) in [5, 5.41) is 1.34. The normalized spacial score (nSPS) is 22.7. The third-order valence-electron chi connectivity index (χ3n) is 6.82. The number of likely N-dealkylation sites (N-methyl/N-ethyl adjacent to an activating group) is 1. The van der Waals surface area contributed by atoms with Gasteiger partial charge in [0.25, 0.3) is 0 Å². The quantitative estimate of drug-likeness (QED) is 0.728. The maximum atomic E-state index is 12.9. The molecule has 1 aromatic carbocycles. The number of fused-ring (bicyclic) bond motifs is 2. The van der Waals surface area contributed by atoms with Gasteiger partial charge in [0.05, 0.1) is 5.92 Å². The summed E-state index contributed by atoms with van der Waals surface area (Å²) in [6.45, 7) is 6.47. The van der Waals surface area contributed by atoms with Crippen LogP contribution in [0.15, 0.2) is 42.6 Å². The highest BCUT2D eigenvalue weighted by Crippen LogP contribution is 2.40. The highest BCUT2D eigenvalue weighted by molar-refractivity contribution is 5.99. The summed E-state index contributed by atoms with van der Waals surface area (Å²) in [5.74, 6) is 0.210. The number of nitrogens with zero attached hydrogens (tertiary/aromatic N) is 2. The molecule has 0 saturated heterocycles. The van der Waals surface area contributed by atoms with E-state index in [2.05, 4.69) is 73.4 Å². The Bertz CT molecular complexity index is 942. The fourth-order valence-electron chi connectivity index (χ4n) is 5.14. The molecule has 0 saturated carbocycles. The van der Waals surface area contributed by atoms with Gasteiger partial charge in [0.1, 0.15) is 0 Å². The van der Waals surface area contributed by atoms with E-state index in [4.69, 9.17) is 0 Å². The molecule has 4 nitrogen and oxygen atoms in total. The van der Waals surface area contributed by atoms with E-state index in [0.717, 1.165) is 26.1 Å². The summed E-state index contributed by atoms with van der Waals surface area (Å²) in [5.41, 5.74) is 5.21. The second-order valence-corrected chi connectivity index (χ2v) is 8.70. The molecule has 0 spiro atoms. The monoisotopic (exact) mass is 405 g/mol. The van der Waals surface area contributed by atoms with Crippen LogP contribution in [0.25, 0.3) is 16.5 Å². The molecule has 0 unspecified atom stereocenters. The molecule has 3 aliphatic rings. The van der Waals surface area contributed by atoms with Crippen LogP contribution in [0.5, 0.6) is 0 Å². The zero-order chi connectivity index (χ0) is 21.1. The minimum Gasteiger partial charge on any atom is -0.361 e. The number of hydrogen-bond donors (Lipinski definition) is 1. The van der Waals surface area contributed by atoms with E-state index in [1.165, 1.54) is 53.3 Å². The van der Waals surface area contributed by atoms with E-state index in [1.54, 1.807) is 0 Å². The number of aromatic amines is 1. The molecule has 30 heavy (non-hydrogen) atoms. The van der Waals surface area contributed by atoms with Crippen LogP contribution in [0.2, 0.25) is 0 Å². The lowest BCUT2D eigenvalue weighted by atomic mass is 9.79. The van der Waals surface area contributed by atoms with Gasteiger partial charge in [-0.05, 0) is 75.8 Å². The Labute approximate surface area is 180 Å². The first kappa shape index (κ1) is 20.9. The minimum absolute atomic E-state index is 0.0445. The number of H-pyrrole nitrogens is 1. The second kappa shape index (κ2) is 9.22. The average molecular weight is 406 g/mol. The average Bonchev–Trinajstić information content (AvgIpc) is 3.21. The summed E-state index contributed by atoms with van der Waals surface area (Å²) >= 11 is 0. The van der Waals surface area contributed by atoms with Gasteiger partial charge in [-0.1, -0.05) is 30.4 Å². The van der Waals surface area contributed by atoms with E-state index in [-0.39, 0.29) is 11.8 Å². The third kappa shape index (κ3) is 3.98. The summed E-state index contributed by atoms with van der Waals surface area (Å²) in [6.07, 6.45) is 15.4. The van der Waals surface area contributed by atoms with Crippen molar-refractivity contribution in [2.45, 2.75) is 52.0 Å². The van der Waals surface area contributed by atoms with E-state index in [0.29, 0.717) is 6.04 Å². The molecule has 4 heteroatoms. The molecule has 1 N–H and O–H groups in total. The smallest absolute Gasteiger partial charge is 0.230 e. The van der Waals surface area contributed by atoms with Crippen molar-refractivity contribution in [2.24, 2.45) is 5.92 Å². The largest absolute Gasteiger partial charge is 0.361 e. The molecule has 2 aliphatic carbocycles. The molecule has 2 heterocycles. The number of allylic oxidation sites excluding steroid dienone is 2. The van der Waals surface area contributed by atoms with Gasteiger partial charge < -0.3 is 9.88 Å². The fraction of sp³-hybridized carbons (Fsp3) is 0.500. The maximum Gasteiger partial charge on any atom is 0.230 e. The Kier molecular flexibility index (Phi) is 6.43. The van der Waals surface area contributed by atoms with Crippen LogP contribution in [0.3, 0.4) is 0 Å². The van der Waals surface area contributed by atoms with Gasteiger partial charge in [-0.25, -0.2) is 0 Å². The summed E-state index contributed by atoms with van der Waals surface area (Å²) in [6, 6.07) is 6.82. The van der Waals surface area contributed by atoms with Gasteiger partial charge >= 0.3 is 0 Å².